The molecule has 0 aliphatic carbocycles. The molecule has 4 heteroatoms. The summed E-state index contributed by atoms with van der Waals surface area (Å²) >= 11 is 0. The van der Waals surface area contributed by atoms with Crippen molar-refractivity contribution in [1.82, 2.24) is 5.32 Å². The Morgan fingerprint density at radius 2 is 2.25 bits per heavy atom. The van der Waals surface area contributed by atoms with Crippen LogP contribution in [0.3, 0.4) is 0 Å². The number of hydrogen-bond acceptors (Lipinski definition) is 3. The fourth-order valence-corrected chi connectivity index (χ4v) is 2.53. The second-order valence-electron chi connectivity index (χ2n) is 5.79. The Kier molecular flexibility index (Phi) is 5.38. The summed E-state index contributed by atoms with van der Waals surface area (Å²) in [7, 11) is 0. The van der Waals surface area contributed by atoms with E-state index in [4.69, 9.17) is 4.74 Å². The Bertz CT molecular complexity index is 436. The number of rotatable bonds is 4. The van der Waals surface area contributed by atoms with Crippen LogP contribution in [0.15, 0.2) is 18.2 Å². The molecule has 3 nitrogen and oxygen atoms in total. The van der Waals surface area contributed by atoms with Crippen molar-refractivity contribution in [2.24, 2.45) is 0 Å². The van der Waals surface area contributed by atoms with Gasteiger partial charge in [0.15, 0.2) is 0 Å². The standard InChI is InChI=1S/C16H25FN2O/c1-12(2)18-10-14-9-15(17)5-6-16(14)19-7-4-8-20-13(3)11-19/h5-6,9,12-13,18H,4,7-8,10-11H2,1-3H3. The molecule has 112 valence electrons. The third-order valence-corrected chi connectivity index (χ3v) is 3.54. The van der Waals surface area contributed by atoms with Crippen LogP contribution in [0.1, 0.15) is 32.8 Å². The molecule has 1 fully saturated rings. The maximum atomic E-state index is 13.5. The number of benzene rings is 1. The number of halogens is 1. The summed E-state index contributed by atoms with van der Waals surface area (Å²) in [4.78, 5) is 2.31. The molecule has 0 bridgehead atoms. The molecule has 1 aliphatic rings. The van der Waals surface area contributed by atoms with Crippen LogP contribution in [0.25, 0.3) is 0 Å². The van der Waals surface area contributed by atoms with Crippen molar-refractivity contribution in [3.8, 4) is 0 Å². The molecule has 0 amide bonds. The SMILES string of the molecule is CC(C)NCc1cc(F)ccc1N1CCCOC(C)C1. The zero-order chi connectivity index (χ0) is 14.5. The topological polar surface area (TPSA) is 24.5 Å². The van der Waals surface area contributed by atoms with E-state index in [1.54, 1.807) is 12.1 Å². The fraction of sp³-hybridized carbons (Fsp3) is 0.625. The number of ether oxygens (including phenoxy) is 1. The molecule has 2 rings (SSSR count). The Morgan fingerprint density at radius 3 is 3.00 bits per heavy atom. The van der Waals surface area contributed by atoms with Crippen LogP contribution < -0.4 is 10.2 Å². The van der Waals surface area contributed by atoms with Gasteiger partial charge >= 0.3 is 0 Å². The zero-order valence-corrected chi connectivity index (χ0v) is 12.7. The Hall–Kier alpha value is -1.13. The number of nitrogens with one attached hydrogen (secondary N) is 1. The minimum absolute atomic E-state index is 0.173. The molecule has 0 radical (unpaired) electrons. The minimum atomic E-state index is -0.173. The number of nitrogens with zero attached hydrogens (tertiary/aromatic N) is 1. The third-order valence-electron chi connectivity index (χ3n) is 3.54. The fourth-order valence-electron chi connectivity index (χ4n) is 2.53. The first-order valence-electron chi connectivity index (χ1n) is 7.44. The molecule has 0 spiro atoms. The monoisotopic (exact) mass is 280 g/mol. The lowest BCUT2D eigenvalue weighted by Crippen LogP contribution is -2.32. The van der Waals surface area contributed by atoms with Gasteiger partial charge in [0.1, 0.15) is 5.82 Å². The van der Waals surface area contributed by atoms with Crippen LogP contribution in [0.4, 0.5) is 10.1 Å². The van der Waals surface area contributed by atoms with E-state index in [9.17, 15) is 4.39 Å². The number of hydrogen-bond donors (Lipinski definition) is 1. The van der Waals surface area contributed by atoms with E-state index in [1.165, 1.54) is 0 Å². The van der Waals surface area contributed by atoms with E-state index < -0.39 is 0 Å². The predicted molar refractivity (Wildman–Crippen MR) is 80.6 cm³/mol. The Morgan fingerprint density at radius 1 is 1.45 bits per heavy atom. The molecule has 1 aromatic rings. The molecule has 20 heavy (non-hydrogen) atoms. The van der Waals surface area contributed by atoms with E-state index in [1.807, 2.05) is 6.07 Å². The highest BCUT2D eigenvalue weighted by Gasteiger charge is 2.18. The first-order valence-corrected chi connectivity index (χ1v) is 7.44. The third kappa shape index (κ3) is 4.18. The minimum Gasteiger partial charge on any atom is -0.377 e. The molecule has 1 unspecified atom stereocenters. The zero-order valence-electron chi connectivity index (χ0n) is 12.7. The van der Waals surface area contributed by atoms with Crippen molar-refractivity contribution in [1.29, 1.82) is 0 Å². The molecule has 0 aromatic heterocycles. The van der Waals surface area contributed by atoms with E-state index in [0.717, 1.165) is 37.4 Å². The largest absolute Gasteiger partial charge is 0.377 e. The highest BCUT2D eigenvalue weighted by Crippen LogP contribution is 2.24. The average molecular weight is 280 g/mol. The van der Waals surface area contributed by atoms with Crippen molar-refractivity contribution < 1.29 is 9.13 Å². The lowest BCUT2D eigenvalue weighted by atomic mass is 10.1. The summed E-state index contributed by atoms with van der Waals surface area (Å²) in [6, 6.07) is 5.47. The lowest BCUT2D eigenvalue weighted by Gasteiger charge is -2.27. The van der Waals surface area contributed by atoms with Gasteiger partial charge in [0.25, 0.3) is 0 Å². The van der Waals surface area contributed by atoms with Gasteiger partial charge in [-0.1, -0.05) is 13.8 Å². The van der Waals surface area contributed by atoms with Gasteiger partial charge in [0.2, 0.25) is 0 Å². The summed E-state index contributed by atoms with van der Waals surface area (Å²) in [6.07, 6.45) is 1.23. The normalized spacial score (nSPS) is 20.2. The molecule has 1 aromatic carbocycles. The van der Waals surface area contributed by atoms with E-state index in [0.29, 0.717) is 12.6 Å². The van der Waals surface area contributed by atoms with Crippen molar-refractivity contribution in [2.45, 2.75) is 45.9 Å². The first kappa shape index (κ1) is 15.3. The van der Waals surface area contributed by atoms with Gasteiger partial charge in [-0.3, -0.25) is 0 Å². The van der Waals surface area contributed by atoms with Crippen molar-refractivity contribution >= 4 is 5.69 Å². The van der Waals surface area contributed by atoms with Gasteiger partial charge in [-0.25, -0.2) is 4.39 Å². The highest BCUT2D eigenvalue weighted by atomic mass is 19.1. The first-order chi connectivity index (χ1) is 9.56. The molecule has 1 aliphatic heterocycles. The van der Waals surface area contributed by atoms with Gasteiger partial charge in [0, 0.05) is 38.0 Å². The molecular weight excluding hydrogens is 255 g/mol. The molecule has 1 N–H and O–H groups in total. The van der Waals surface area contributed by atoms with Crippen molar-refractivity contribution in [2.75, 3.05) is 24.6 Å². The van der Waals surface area contributed by atoms with Crippen LogP contribution in [0, 0.1) is 5.82 Å². The van der Waals surface area contributed by atoms with Crippen LogP contribution in [0.2, 0.25) is 0 Å². The predicted octanol–water partition coefficient (Wildman–Crippen LogP) is 2.94. The summed E-state index contributed by atoms with van der Waals surface area (Å²) in [6.45, 7) is 9.61. The second kappa shape index (κ2) is 7.04. The van der Waals surface area contributed by atoms with Gasteiger partial charge in [-0.2, -0.15) is 0 Å². The second-order valence-corrected chi connectivity index (χ2v) is 5.79. The molecular formula is C16H25FN2O. The van der Waals surface area contributed by atoms with E-state index in [2.05, 4.69) is 31.0 Å². The highest BCUT2D eigenvalue weighted by molar-refractivity contribution is 5.54. The number of anilines is 1. The molecule has 0 saturated carbocycles. The maximum absolute atomic E-state index is 13.5. The summed E-state index contributed by atoms with van der Waals surface area (Å²) in [5.74, 6) is -0.173. The van der Waals surface area contributed by atoms with Gasteiger partial charge in [-0.15, -0.1) is 0 Å². The summed E-state index contributed by atoms with van der Waals surface area (Å²) in [5.41, 5.74) is 2.14. The van der Waals surface area contributed by atoms with Crippen LogP contribution in [-0.4, -0.2) is 31.8 Å². The summed E-state index contributed by atoms with van der Waals surface area (Å²) < 4.78 is 19.2. The van der Waals surface area contributed by atoms with Crippen molar-refractivity contribution in [3.05, 3.63) is 29.6 Å². The Labute approximate surface area is 121 Å². The van der Waals surface area contributed by atoms with Crippen LogP contribution >= 0.6 is 0 Å². The van der Waals surface area contributed by atoms with Gasteiger partial charge in [-0.05, 0) is 37.1 Å². The molecule has 1 heterocycles. The lowest BCUT2D eigenvalue weighted by molar-refractivity contribution is 0.0821. The van der Waals surface area contributed by atoms with E-state index >= 15 is 0 Å². The van der Waals surface area contributed by atoms with Gasteiger partial charge in [0.05, 0.1) is 6.10 Å². The van der Waals surface area contributed by atoms with Crippen molar-refractivity contribution in [3.63, 3.8) is 0 Å². The quantitative estimate of drug-likeness (QED) is 0.917. The molecule has 1 saturated heterocycles. The Balaban J connectivity index is 2.20. The summed E-state index contributed by atoms with van der Waals surface area (Å²) in [5, 5.41) is 3.37. The average Bonchev–Trinajstić information content (AvgIpc) is 2.61. The van der Waals surface area contributed by atoms with Gasteiger partial charge < -0.3 is 15.0 Å². The van der Waals surface area contributed by atoms with Crippen LogP contribution in [-0.2, 0) is 11.3 Å². The maximum Gasteiger partial charge on any atom is 0.123 e. The smallest absolute Gasteiger partial charge is 0.123 e. The van der Waals surface area contributed by atoms with E-state index in [-0.39, 0.29) is 11.9 Å². The molecule has 1 atom stereocenters. The van der Waals surface area contributed by atoms with Crippen LogP contribution in [0.5, 0.6) is 0 Å².